The number of hydrogen-bond donors (Lipinski definition) is 1. The van der Waals surface area contributed by atoms with Gasteiger partial charge in [0.05, 0.1) is 22.3 Å². The van der Waals surface area contributed by atoms with Crippen LogP contribution in [0, 0.1) is 5.92 Å². The lowest BCUT2D eigenvalue weighted by Gasteiger charge is -2.30. The topological polar surface area (TPSA) is 93.5 Å². The number of alkyl halides is 3. The Bertz CT molecular complexity index is 1070. The molecule has 3 rings (SSSR count). The van der Waals surface area contributed by atoms with Gasteiger partial charge in [0, 0.05) is 31.3 Å². The number of carbonyl (C=O) groups is 1. The third-order valence-electron chi connectivity index (χ3n) is 5.04. The van der Waals surface area contributed by atoms with E-state index in [-0.39, 0.29) is 48.2 Å². The summed E-state index contributed by atoms with van der Waals surface area (Å²) in [5, 5.41) is 7.03. The first-order valence-corrected chi connectivity index (χ1v) is 11.4. The van der Waals surface area contributed by atoms with Gasteiger partial charge in [0.2, 0.25) is 15.9 Å². The fraction of sp³-hybridized carbons (Fsp3) is 0.500. The first-order valence-electron chi connectivity index (χ1n) is 9.98. The number of carbonyl (C=O) groups excluding carboxylic acids is 1. The highest BCUT2D eigenvalue weighted by molar-refractivity contribution is 7.89. The Morgan fingerprint density at radius 2 is 1.84 bits per heavy atom. The maximum absolute atomic E-state index is 12.8. The summed E-state index contributed by atoms with van der Waals surface area (Å²) in [6, 6.07) is 4.27. The van der Waals surface area contributed by atoms with E-state index in [9.17, 15) is 26.4 Å². The Balaban J connectivity index is 1.62. The molecule has 12 heteroatoms. The van der Waals surface area contributed by atoms with Crippen LogP contribution in [0.5, 0.6) is 5.75 Å². The predicted octanol–water partition coefficient (Wildman–Crippen LogP) is 3.58. The maximum Gasteiger partial charge on any atom is 0.573 e. The molecule has 1 aromatic carbocycles. The van der Waals surface area contributed by atoms with E-state index in [4.69, 9.17) is 0 Å². The van der Waals surface area contributed by atoms with E-state index in [1.807, 2.05) is 20.8 Å². The highest BCUT2D eigenvalue weighted by atomic mass is 32.2. The van der Waals surface area contributed by atoms with E-state index in [0.717, 1.165) is 12.1 Å². The molecule has 1 N–H and O–H groups in total. The van der Waals surface area contributed by atoms with Gasteiger partial charge in [-0.15, -0.1) is 13.2 Å². The summed E-state index contributed by atoms with van der Waals surface area (Å²) in [5.74, 6) is -1.22. The molecule has 2 aromatic rings. The minimum absolute atomic E-state index is 0.0754. The van der Waals surface area contributed by atoms with Crippen molar-refractivity contribution in [1.29, 1.82) is 0 Å². The van der Waals surface area contributed by atoms with Crippen LogP contribution in [0.2, 0.25) is 0 Å². The van der Waals surface area contributed by atoms with Gasteiger partial charge in [0.15, 0.2) is 0 Å². The van der Waals surface area contributed by atoms with Gasteiger partial charge in [0.25, 0.3) is 0 Å². The van der Waals surface area contributed by atoms with Crippen molar-refractivity contribution in [1.82, 2.24) is 14.1 Å². The summed E-state index contributed by atoms with van der Waals surface area (Å²) in [4.78, 5) is 12.3. The number of halogens is 3. The van der Waals surface area contributed by atoms with Crippen molar-refractivity contribution in [2.24, 2.45) is 5.92 Å². The number of piperidine rings is 1. The first-order chi connectivity index (χ1) is 14.8. The molecule has 1 fully saturated rings. The molecule has 1 amide bonds. The summed E-state index contributed by atoms with van der Waals surface area (Å²) >= 11 is 0. The molecule has 0 spiro atoms. The van der Waals surface area contributed by atoms with Crippen molar-refractivity contribution in [2.75, 3.05) is 18.4 Å². The quantitative estimate of drug-likeness (QED) is 0.715. The predicted molar refractivity (Wildman–Crippen MR) is 110 cm³/mol. The Kier molecular flexibility index (Phi) is 6.57. The number of sulfonamides is 1. The van der Waals surface area contributed by atoms with Crippen molar-refractivity contribution in [3.63, 3.8) is 0 Å². The molecule has 1 saturated heterocycles. The van der Waals surface area contributed by atoms with Gasteiger partial charge in [-0.05, 0) is 45.7 Å². The van der Waals surface area contributed by atoms with Crippen molar-refractivity contribution in [3.8, 4) is 5.75 Å². The second-order valence-corrected chi connectivity index (χ2v) is 10.5. The minimum Gasteiger partial charge on any atom is -0.406 e. The molecule has 8 nitrogen and oxygen atoms in total. The number of amides is 1. The Morgan fingerprint density at radius 1 is 1.19 bits per heavy atom. The van der Waals surface area contributed by atoms with Crippen LogP contribution in [-0.4, -0.2) is 47.9 Å². The van der Waals surface area contributed by atoms with Crippen LogP contribution in [0.1, 0.15) is 33.6 Å². The van der Waals surface area contributed by atoms with Gasteiger partial charge in [-0.2, -0.15) is 9.40 Å². The van der Waals surface area contributed by atoms with Crippen molar-refractivity contribution >= 4 is 21.6 Å². The third-order valence-corrected chi connectivity index (χ3v) is 6.93. The zero-order valence-corrected chi connectivity index (χ0v) is 18.7. The average molecular weight is 475 g/mol. The number of aromatic nitrogens is 2. The lowest BCUT2D eigenvalue weighted by molar-refractivity contribution is -0.274. The number of nitrogens with zero attached hydrogens (tertiary/aromatic N) is 3. The number of anilines is 1. The molecular weight excluding hydrogens is 449 g/mol. The number of ether oxygens (including phenoxy) is 1. The van der Waals surface area contributed by atoms with Crippen LogP contribution in [0.25, 0.3) is 0 Å². The maximum atomic E-state index is 12.8. The first kappa shape index (κ1) is 24.1. The standard InChI is InChI=1S/C20H25F3N4O4S/c1-19(2,3)27-13-15(12-24-27)25-18(28)14-7-9-26(10-8-14)32(29,30)17-6-4-5-16(11-17)31-20(21,22)23/h4-6,11-14H,7-10H2,1-3H3,(H,25,28). The molecule has 2 heterocycles. The Morgan fingerprint density at radius 3 is 2.41 bits per heavy atom. The van der Waals surface area contributed by atoms with E-state index in [1.165, 1.54) is 16.4 Å². The largest absolute Gasteiger partial charge is 0.573 e. The molecule has 0 unspecified atom stereocenters. The van der Waals surface area contributed by atoms with E-state index in [1.54, 1.807) is 17.1 Å². The van der Waals surface area contributed by atoms with Crippen LogP contribution in [0.3, 0.4) is 0 Å². The van der Waals surface area contributed by atoms with Crippen LogP contribution in [0.15, 0.2) is 41.6 Å². The Hall–Kier alpha value is -2.60. The molecule has 1 aliphatic heterocycles. The van der Waals surface area contributed by atoms with Crippen molar-refractivity contribution in [2.45, 2.75) is 50.4 Å². The van der Waals surface area contributed by atoms with Crippen LogP contribution >= 0.6 is 0 Å². The van der Waals surface area contributed by atoms with Gasteiger partial charge in [-0.1, -0.05) is 6.07 Å². The fourth-order valence-electron chi connectivity index (χ4n) is 3.34. The Labute approximate surface area is 184 Å². The molecule has 1 aromatic heterocycles. The molecule has 1 aliphatic rings. The molecule has 32 heavy (non-hydrogen) atoms. The van der Waals surface area contributed by atoms with Crippen LogP contribution in [-0.2, 0) is 20.4 Å². The summed E-state index contributed by atoms with van der Waals surface area (Å²) in [6.45, 7) is 6.09. The number of benzene rings is 1. The monoisotopic (exact) mass is 474 g/mol. The van der Waals surface area contributed by atoms with E-state index in [0.29, 0.717) is 5.69 Å². The van der Waals surface area contributed by atoms with Crippen LogP contribution in [0.4, 0.5) is 18.9 Å². The SMILES string of the molecule is CC(C)(C)n1cc(NC(=O)C2CCN(S(=O)(=O)c3cccc(OC(F)(F)F)c3)CC2)cn1. The average Bonchev–Trinajstić information content (AvgIpc) is 3.16. The van der Waals surface area contributed by atoms with Gasteiger partial charge in [-0.3, -0.25) is 9.48 Å². The van der Waals surface area contributed by atoms with Gasteiger partial charge in [0.1, 0.15) is 5.75 Å². The third kappa shape index (κ3) is 5.80. The highest BCUT2D eigenvalue weighted by Crippen LogP contribution is 2.29. The number of nitrogens with one attached hydrogen (secondary N) is 1. The van der Waals surface area contributed by atoms with Gasteiger partial charge >= 0.3 is 6.36 Å². The lowest BCUT2D eigenvalue weighted by Crippen LogP contribution is -2.41. The summed E-state index contributed by atoms with van der Waals surface area (Å²) in [7, 11) is -4.02. The fourth-order valence-corrected chi connectivity index (χ4v) is 4.84. The zero-order valence-electron chi connectivity index (χ0n) is 17.9. The smallest absolute Gasteiger partial charge is 0.406 e. The van der Waals surface area contributed by atoms with Crippen LogP contribution < -0.4 is 10.1 Å². The number of hydrogen-bond acceptors (Lipinski definition) is 5. The normalized spacial score (nSPS) is 16.7. The number of rotatable bonds is 5. The van der Waals surface area contributed by atoms with E-state index < -0.39 is 22.1 Å². The molecule has 0 saturated carbocycles. The second kappa shape index (κ2) is 8.74. The molecule has 0 aliphatic carbocycles. The zero-order chi connectivity index (χ0) is 23.7. The van der Waals surface area contributed by atoms with Gasteiger partial charge < -0.3 is 10.1 Å². The summed E-state index contributed by atoms with van der Waals surface area (Å²) in [5.41, 5.74) is 0.326. The summed E-state index contributed by atoms with van der Waals surface area (Å²) < 4.78 is 69.7. The van der Waals surface area contributed by atoms with Crippen molar-refractivity contribution in [3.05, 3.63) is 36.7 Å². The molecular formula is C20H25F3N4O4S. The van der Waals surface area contributed by atoms with E-state index >= 15 is 0 Å². The lowest BCUT2D eigenvalue weighted by atomic mass is 9.97. The molecule has 176 valence electrons. The highest BCUT2D eigenvalue weighted by Gasteiger charge is 2.34. The second-order valence-electron chi connectivity index (χ2n) is 8.53. The van der Waals surface area contributed by atoms with Gasteiger partial charge in [-0.25, -0.2) is 8.42 Å². The summed E-state index contributed by atoms with van der Waals surface area (Å²) in [6.07, 6.45) is -1.06. The molecule has 0 atom stereocenters. The van der Waals surface area contributed by atoms with E-state index in [2.05, 4.69) is 15.2 Å². The molecule has 0 bridgehead atoms. The molecule has 0 radical (unpaired) electrons. The van der Waals surface area contributed by atoms with Crippen molar-refractivity contribution < 1.29 is 31.1 Å². The minimum atomic E-state index is -4.92.